The van der Waals surface area contributed by atoms with Gasteiger partial charge in [-0.15, -0.1) is 0 Å². The van der Waals surface area contributed by atoms with Crippen molar-refractivity contribution in [1.29, 1.82) is 0 Å². The minimum Gasteiger partial charge on any atom is -0.507 e. The van der Waals surface area contributed by atoms with E-state index < -0.39 is 0 Å². The highest BCUT2D eigenvalue weighted by molar-refractivity contribution is 5.88. The van der Waals surface area contributed by atoms with Crippen LogP contribution in [0, 0.1) is 0 Å². The van der Waals surface area contributed by atoms with Crippen LogP contribution in [0.25, 0.3) is 11.8 Å². The Hall–Kier alpha value is -3.15. The summed E-state index contributed by atoms with van der Waals surface area (Å²) in [6.45, 7) is 4.36. The Morgan fingerprint density at radius 3 is 2.68 bits per heavy atom. The van der Waals surface area contributed by atoms with Crippen molar-refractivity contribution in [2.24, 2.45) is 5.73 Å². The van der Waals surface area contributed by atoms with Crippen molar-refractivity contribution in [3.05, 3.63) is 59.3 Å². The van der Waals surface area contributed by atoms with Crippen LogP contribution in [0.1, 0.15) is 47.6 Å². The maximum atomic E-state index is 12.0. The van der Waals surface area contributed by atoms with Gasteiger partial charge in [-0.3, -0.25) is 4.79 Å². The number of amides is 1. The van der Waals surface area contributed by atoms with Crippen LogP contribution in [-0.2, 0) is 11.2 Å². The van der Waals surface area contributed by atoms with Gasteiger partial charge in [-0.2, -0.15) is 0 Å². The van der Waals surface area contributed by atoms with Gasteiger partial charge in [0.05, 0.1) is 0 Å². The van der Waals surface area contributed by atoms with E-state index in [0.717, 1.165) is 43.5 Å². The molecule has 1 saturated carbocycles. The first kappa shape index (κ1) is 18.2. The van der Waals surface area contributed by atoms with Crippen LogP contribution in [-0.4, -0.2) is 33.5 Å². The zero-order valence-corrected chi connectivity index (χ0v) is 15.8. The van der Waals surface area contributed by atoms with Crippen molar-refractivity contribution in [2.75, 3.05) is 12.3 Å². The van der Waals surface area contributed by atoms with Crippen molar-refractivity contribution in [3.63, 3.8) is 0 Å². The number of carbonyl (C=O) groups is 1. The number of aromatic nitrogens is 1. The summed E-state index contributed by atoms with van der Waals surface area (Å²) >= 11 is 0. The average molecular weight is 378 g/mol. The summed E-state index contributed by atoms with van der Waals surface area (Å²) in [5.74, 6) is 1.17. The molecule has 146 valence electrons. The molecule has 1 aromatic carbocycles. The van der Waals surface area contributed by atoms with Gasteiger partial charge >= 0.3 is 0 Å². The van der Waals surface area contributed by atoms with E-state index in [1.54, 1.807) is 18.2 Å². The highest BCUT2D eigenvalue weighted by atomic mass is 16.3. The Morgan fingerprint density at radius 2 is 2.07 bits per heavy atom. The molecule has 1 amide bonds. The number of nitrogen functional groups attached to an aromatic ring is 1. The molecule has 2 heterocycles. The second kappa shape index (κ2) is 7.11. The number of hydrogen-bond acceptors (Lipinski definition) is 4. The number of anilines is 1. The molecule has 2 fully saturated rings. The number of likely N-dealkylation sites (tertiary alicyclic amines) is 1. The molecular formula is C22H26N4O2. The Balaban J connectivity index is 1.66. The van der Waals surface area contributed by atoms with E-state index in [4.69, 9.17) is 11.5 Å². The number of phenolic OH excluding ortho intramolecular Hbond substituents is 1. The average Bonchev–Trinajstić information content (AvgIpc) is 3.44. The molecule has 2 aromatic rings. The van der Waals surface area contributed by atoms with Crippen LogP contribution in [0.2, 0.25) is 0 Å². The predicted octanol–water partition coefficient (Wildman–Crippen LogP) is 2.97. The molecule has 6 N–H and O–H groups in total. The Kier molecular flexibility index (Phi) is 4.63. The third-order valence-corrected chi connectivity index (χ3v) is 5.73. The number of nitrogens with two attached hydrogens (primary N) is 2. The van der Waals surface area contributed by atoms with Crippen LogP contribution in [0.4, 0.5) is 5.82 Å². The van der Waals surface area contributed by atoms with Gasteiger partial charge in [-0.25, -0.2) is 0 Å². The van der Waals surface area contributed by atoms with Crippen molar-refractivity contribution in [3.8, 4) is 5.75 Å². The lowest BCUT2D eigenvalue weighted by atomic mass is 9.93. The summed E-state index contributed by atoms with van der Waals surface area (Å²) in [5.41, 5.74) is 16.9. The molecule has 1 atom stereocenters. The van der Waals surface area contributed by atoms with E-state index >= 15 is 0 Å². The summed E-state index contributed by atoms with van der Waals surface area (Å²) < 4.78 is 0. The molecule has 0 bridgehead atoms. The molecule has 6 heteroatoms. The standard InChI is InChI=1S/C22H26N4O2/c1-2-20(28)26-10-9-14(26)11-18-21(13-7-8-13)16(22(24)25-18)12-17(23)15-5-3-4-6-19(15)27/h2-6,12-14,25,27H,1,7-11,23-24H2/b17-12-. The number of aromatic amines is 1. The first-order chi connectivity index (χ1) is 13.5. The van der Waals surface area contributed by atoms with E-state index in [-0.39, 0.29) is 17.7 Å². The number of aromatic hydroxyl groups is 1. The van der Waals surface area contributed by atoms with Crippen LogP contribution >= 0.6 is 0 Å². The van der Waals surface area contributed by atoms with Crippen LogP contribution < -0.4 is 11.5 Å². The normalized spacial score (nSPS) is 19.4. The fourth-order valence-corrected chi connectivity index (χ4v) is 4.01. The highest BCUT2D eigenvalue weighted by Crippen LogP contribution is 2.46. The maximum absolute atomic E-state index is 12.0. The van der Waals surface area contributed by atoms with Crippen molar-refractivity contribution in [2.45, 2.75) is 37.6 Å². The van der Waals surface area contributed by atoms with Gasteiger partial charge in [0.15, 0.2) is 0 Å². The summed E-state index contributed by atoms with van der Waals surface area (Å²) in [6, 6.07) is 7.18. The molecule has 2 aliphatic rings. The molecule has 1 unspecified atom stereocenters. The van der Waals surface area contributed by atoms with Gasteiger partial charge in [0, 0.05) is 41.5 Å². The largest absolute Gasteiger partial charge is 0.507 e. The van der Waals surface area contributed by atoms with Gasteiger partial charge < -0.3 is 26.5 Å². The van der Waals surface area contributed by atoms with Gasteiger partial charge in [0.1, 0.15) is 11.6 Å². The molecule has 0 spiro atoms. The molecule has 1 aliphatic heterocycles. The molecule has 1 saturated heterocycles. The topological polar surface area (TPSA) is 108 Å². The number of para-hydroxylation sites is 1. The molecule has 4 rings (SSSR count). The van der Waals surface area contributed by atoms with Crippen LogP contribution in [0.5, 0.6) is 5.75 Å². The van der Waals surface area contributed by atoms with E-state index in [2.05, 4.69) is 11.6 Å². The number of benzene rings is 1. The first-order valence-electron chi connectivity index (χ1n) is 9.68. The third kappa shape index (κ3) is 3.26. The van der Waals surface area contributed by atoms with E-state index in [1.165, 1.54) is 11.6 Å². The summed E-state index contributed by atoms with van der Waals surface area (Å²) in [4.78, 5) is 17.1. The van der Waals surface area contributed by atoms with Gasteiger partial charge in [0.2, 0.25) is 5.91 Å². The van der Waals surface area contributed by atoms with E-state index in [9.17, 15) is 9.90 Å². The van der Waals surface area contributed by atoms with Crippen molar-refractivity contribution in [1.82, 2.24) is 9.88 Å². The van der Waals surface area contributed by atoms with Crippen LogP contribution in [0.3, 0.4) is 0 Å². The lowest BCUT2D eigenvalue weighted by Crippen LogP contribution is -2.51. The second-order valence-corrected chi connectivity index (χ2v) is 7.62. The molecule has 1 aromatic heterocycles. The maximum Gasteiger partial charge on any atom is 0.246 e. The second-order valence-electron chi connectivity index (χ2n) is 7.62. The summed E-state index contributed by atoms with van der Waals surface area (Å²) in [6.07, 6.45) is 7.21. The predicted molar refractivity (Wildman–Crippen MR) is 111 cm³/mol. The summed E-state index contributed by atoms with van der Waals surface area (Å²) in [5, 5.41) is 10.1. The number of nitrogens with one attached hydrogen (secondary N) is 1. The SMILES string of the molecule is C=CC(=O)N1CCC1Cc1[nH]c(N)c(/C=C(\N)c2ccccc2O)c1C1CC1. The summed E-state index contributed by atoms with van der Waals surface area (Å²) in [7, 11) is 0. The smallest absolute Gasteiger partial charge is 0.246 e. The fourth-order valence-electron chi connectivity index (χ4n) is 4.01. The molecular weight excluding hydrogens is 352 g/mol. The van der Waals surface area contributed by atoms with Gasteiger partial charge in [-0.1, -0.05) is 18.7 Å². The number of hydrogen-bond donors (Lipinski definition) is 4. The third-order valence-electron chi connectivity index (χ3n) is 5.73. The molecule has 0 radical (unpaired) electrons. The number of rotatable bonds is 6. The van der Waals surface area contributed by atoms with Gasteiger partial charge in [0.25, 0.3) is 0 Å². The zero-order chi connectivity index (χ0) is 19.8. The Morgan fingerprint density at radius 1 is 1.32 bits per heavy atom. The molecule has 1 aliphatic carbocycles. The first-order valence-corrected chi connectivity index (χ1v) is 9.68. The minimum absolute atomic E-state index is 0.0207. The number of H-pyrrole nitrogens is 1. The van der Waals surface area contributed by atoms with Crippen LogP contribution in [0.15, 0.2) is 36.9 Å². The van der Waals surface area contributed by atoms with E-state index in [0.29, 0.717) is 23.0 Å². The highest BCUT2D eigenvalue weighted by Gasteiger charge is 2.35. The Bertz CT molecular complexity index is 955. The fraction of sp³-hybridized carbons (Fsp3) is 0.318. The quantitative estimate of drug-likeness (QED) is 0.580. The van der Waals surface area contributed by atoms with Crippen molar-refractivity contribution >= 4 is 23.5 Å². The molecule has 28 heavy (non-hydrogen) atoms. The molecule has 6 nitrogen and oxygen atoms in total. The zero-order valence-electron chi connectivity index (χ0n) is 15.8. The lowest BCUT2D eigenvalue weighted by molar-refractivity contribution is -0.133. The lowest BCUT2D eigenvalue weighted by Gasteiger charge is -2.40. The number of phenols is 1. The number of nitrogens with zero attached hydrogens (tertiary/aromatic N) is 1. The van der Waals surface area contributed by atoms with Crippen molar-refractivity contribution < 1.29 is 9.90 Å². The van der Waals surface area contributed by atoms with Gasteiger partial charge in [-0.05, 0) is 55.0 Å². The number of carbonyl (C=O) groups excluding carboxylic acids is 1. The van der Waals surface area contributed by atoms with E-state index in [1.807, 2.05) is 17.0 Å². The monoisotopic (exact) mass is 378 g/mol. The minimum atomic E-state index is -0.0207. The Labute approximate surface area is 164 Å².